The van der Waals surface area contributed by atoms with Crippen molar-refractivity contribution in [2.75, 3.05) is 6.61 Å². The lowest BCUT2D eigenvalue weighted by Crippen LogP contribution is -2.15. The molecule has 1 aromatic heterocycles. The SMILES string of the molecule is N#Cc1ccccc1OCC(=O)OCc1cc2ccccc2o1. The van der Waals surface area contributed by atoms with Crippen LogP contribution in [0, 0.1) is 11.3 Å². The molecule has 0 bridgehead atoms. The van der Waals surface area contributed by atoms with Gasteiger partial charge in [0.15, 0.2) is 6.61 Å². The van der Waals surface area contributed by atoms with Gasteiger partial charge in [0.25, 0.3) is 0 Å². The highest BCUT2D eigenvalue weighted by Gasteiger charge is 2.09. The molecule has 5 nitrogen and oxygen atoms in total. The van der Waals surface area contributed by atoms with Gasteiger partial charge in [0.05, 0.1) is 5.56 Å². The molecule has 0 aliphatic heterocycles. The Morgan fingerprint density at radius 1 is 1.13 bits per heavy atom. The zero-order chi connectivity index (χ0) is 16.1. The minimum Gasteiger partial charge on any atom is -0.481 e. The molecular formula is C18H13NO4. The van der Waals surface area contributed by atoms with Gasteiger partial charge in [-0.2, -0.15) is 5.26 Å². The summed E-state index contributed by atoms with van der Waals surface area (Å²) >= 11 is 0. The molecule has 1 heterocycles. The van der Waals surface area contributed by atoms with E-state index in [1.54, 1.807) is 24.3 Å². The quantitative estimate of drug-likeness (QED) is 0.675. The third kappa shape index (κ3) is 3.50. The Balaban J connectivity index is 1.54. The molecule has 0 saturated heterocycles. The molecule has 0 spiro atoms. The Morgan fingerprint density at radius 2 is 1.91 bits per heavy atom. The molecule has 0 amide bonds. The number of ether oxygens (including phenoxy) is 2. The van der Waals surface area contributed by atoms with E-state index in [4.69, 9.17) is 19.2 Å². The number of nitriles is 1. The van der Waals surface area contributed by atoms with Crippen molar-refractivity contribution in [1.29, 1.82) is 5.26 Å². The fraction of sp³-hybridized carbons (Fsp3) is 0.111. The van der Waals surface area contributed by atoms with Crippen LogP contribution >= 0.6 is 0 Å². The number of hydrogen-bond donors (Lipinski definition) is 0. The number of para-hydroxylation sites is 2. The maximum absolute atomic E-state index is 11.7. The van der Waals surface area contributed by atoms with Gasteiger partial charge in [-0.05, 0) is 24.3 Å². The summed E-state index contributed by atoms with van der Waals surface area (Å²) in [5.41, 5.74) is 1.12. The van der Waals surface area contributed by atoms with Crippen molar-refractivity contribution >= 4 is 16.9 Å². The van der Waals surface area contributed by atoms with E-state index in [0.29, 0.717) is 17.1 Å². The lowest BCUT2D eigenvalue weighted by atomic mass is 10.2. The van der Waals surface area contributed by atoms with Crippen molar-refractivity contribution < 1.29 is 18.7 Å². The highest BCUT2D eigenvalue weighted by molar-refractivity contribution is 5.77. The number of carbonyl (C=O) groups excluding carboxylic acids is 1. The standard InChI is InChI=1S/C18H13NO4/c19-10-14-6-2-3-7-16(14)21-12-18(20)22-11-15-9-13-5-1-4-8-17(13)23-15/h1-9H,11-12H2. The van der Waals surface area contributed by atoms with Crippen LogP contribution in [-0.2, 0) is 16.1 Å². The minimum absolute atomic E-state index is 0.0385. The first-order valence-corrected chi connectivity index (χ1v) is 7.01. The number of hydrogen-bond acceptors (Lipinski definition) is 5. The normalized spacial score (nSPS) is 10.2. The van der Waals surface area contributed by atoms with Crippen LogP contribution in [0.5, 0.6) is 5.75 Å². The first-order chi connectivity index (χ1) is 11.3. The van der Waals surface area contributed by atoms with Crippen molar-refractivity contribution in [2.24, 2.45) is 0 Å². The van der Waals surface area contributed by atoms with Crippen LogP contribution in [0.25, 0.3) is 11.0 Å². The van der Waals surface area contributed by atoms with Gasteiger partial charge in [0.1, 0.15) is 29.8 Å². The molecule has 0 saturated carbocycles. The molecule has 114 valence electrons. The van der Waals surface area contributed by atoms with Crippen molar-refractivity contribution in [3.05, 3.63) is 65.9 Å². The summed E-state index contributed by atoms with van der Waals surface area (Å²) in [5, 5.41) is 9.90. The lowest BCUT2D eigenvalue weighted by Gasteiger charge is -2.07. The van der Waals surface area contributed by atoms with E-state index in [1.807, 2.05) is 36.4 Å². The Hall–Kier alpha value is -3.26. The first-order valence-electron chi connectivity index (χ1n) is 7.01. The van der Waals surface area contributed by atoms with Gasteiger partial charge in [0, 0.05) is 5.39 Å². The maximum atomic E-state index is 11.7. The summed E-state index contributed by atoms with van der Waals surface area (Å²) in [6.45, 7) is -0.226. The number of carbonyl (C=O) groups is 1. The van der Waals surface area contributed by atoms with Gasteiger partial charge < -0.3 is 13.9 Å². The van der Waals surface area contributed by atoms with Crippen molar-refractivity contribution in [3.63, 3.8) is 0 Å². The Morgan fingerprint density at radius 3 is 2.74 bits per heavy atom. The number of furan rings is 1. The Kier molecular flexibility index (Phi) is 4.25. The third-order valence-electron chi connectivity index (χ3n) is 3.21. The van der Waals surface area contributed by atoms with Crippen molar-refractivity contribution in [3.8, 4) is 11.8 Å². The highest BCUT2D eigenvalue weighted by atomic mass is 16.6. The molecule has 5 heteroatoms. The number of benzene rings is 2. The molecule has 0 unspecified atom stereocenters. The van der Waals surface area contributed by atoms with Crippen LogP contribution in [0.4, 0.5) is 0 Å². The molecule has 2 aromatic carbocycles. The van der Waals surface area contributed by atoms with Gasteiger partial charge in [-0.3, -0.25) is 0 Å². The van der Waals surface area contributed by atoms with E-state index >= 15 is 0 Å². The van der Waals surface area contributed by atoms with E-state index in [-0.39, 0.29) is 13.2 Å². The molecule has 0 atom stereocenters. The van der Waals surface area contributed by atoms with Crippen LogP contribution in [0.3, 0.4) is 0 Å². The fourth-order valence-corrected chi connectivity index (χ4v) is 2.12. The van der Waals surface area contributed by atoms with Crippen LogP contribution < -0.4 is 4.74 Å². The second kappa shape index (κ2) is 6.67. The number of fused-ring (bicyclic) bond motifs is 1. The highest BCUT2D eigenvalue weighted by Crippen LogP contribution is 2.19. The summed E-state index contributed by atoms with van der Waals surface area (Å²) in [5.74, 6) is 0.394. The summed E-state index contributed by atoms with van der Waals surface area (Å²) < 4.78 is 16.0. The Bertz CT molecular complexity index is 843. The maximum Gasteiger partial charge on any atom is 0.344 e. The summed E-state index contributed by atoms with van der Waals surface area (Å²) in [4.78, 5) is 11.7. The third-order valence-corrected chi connectivity index (χ3v) is 3.21. The smallest absolute Gasteiger partial charge is 0.344 e. The van der Waals surface area contributed by atoms with Crippen LogP contribution in [0.2, 0.25) is 0 Å². The number of nitrogens with zero attached hydrogens (tertiary/aromatic N) is 1. The Labute approximate surface area is 132 Å². The molecule has 3 aromatic rings. The molecule has 0 aliphatic rings. The summed E-state index contributed by atoms with van der Waals surface area (Å²) in [7, 11) is 0. The molecule has 0 fully saturated rings. The molecule has 3 rings (SSSR count). The monoisotopic (exact) mass is 307 g/mol. The number of esters is 1. The molecular weight excluding hydrogens is 294 g/mol. The average Bonchev–Trinajstić information content (AvgIpc) is 3.01. The van der Waals surface area contributed by atoms with Crippen molar-refractivity contribution in [1.82, 2.24) is 0 Å². The van der Waals surface area contributed by atoms with Gasteiger partial charge in [-0.15, -0.1) is 0 Å². The molecule has 0 radical (unpaired) electrons. The van der Waals surface area contributed by atoms with Crippen LogP contribution in [0.15, 0.2) is 59.0 Å². The zero-order valence-electron chi connectivity index (χ0n) is 12.2. The van der Waals surface area contributed by atoms with Crippen LogP contribution in [-0.4, -0.2) is 12.6 Å². The first kappa shape index (κ1) is 14.7. The predicted octanol–water partition coefficient (Wildman–Crippen LogP) is 3.43. The lowest BCUT2D eigenvalue weighted by molar-refractivity contribution is -0.147. The second-order valence-corrected chi connectivity index (χ2v) is 4.81. The van der Waals surface area contributed by atoms with E-state index < -0.39 is 5.97 Å². The van der Waals surface area contributed by atoms with E-state index in [9.17, 15) is 4.79 Å². The fourth-order valence-electron chi connectivity index (χ4n) is 2.12. The van der Waals surface area contributed by atoms with Crippen molar-refractivity contribution in [2.45, 2.75) is 6.61 Å². The van der Waals surface area contributed by atoms with Gasteiger partial charge in [-0.25, -0.2) is 4.79 Å². The summed E-state index contributed by atoms with van der Waals surface area (Å²) in [6, 6.07) is 18.1. The predicted molar refractivity (Wildman–Crippen MR) is 82.7 cm³/mol. The van der Waals surface area contributed by atoms with E-state index in [1.165, 1.54) is 0 Å². The zero-order valence-corrected chi connectivity index (χ0v) is 12.2. The summed E-state index contributed by atoms with van der Waals surface area (Å²) in [6.07, 6.45) is 0. The second-order valence-electron chi connectivity index (χ2n) is 4.81. The van der Waals surface area contributed by atoms with E-state index in [0.717, 1.165) is 11.0 Å². The molecule has 0 aliphatic carbocycles. The largest absolute Gasteiger partial charge is 0.481 e. The molecule has 23 heavy (non-hydrogen) atoms. The van der Waals surface area contributed by atoms with Gasteiger partial charge in [0.2, 0.25) is 0 Å². The topological polar surface area (TPSA) is 72.5 Å². The van der Waals surface area contributed by atoms with Gasteiger partial charge >= 0.3 is 5.97 Å². The van der Waals surface area contributed by atoms with Crippen LogP contribution in [0.1, 0.15) is 11.3 Å². The molecule has 0 N–H and O–H groups in total. The number of rotatable bonds is 5. The minimum atomic E-state index is -0.529. The van der Waals surface area contributed by atoms with Gasteiger partial charge in [-0.1, -0.05) is 30.3 Å². The van der Waals surface area contributed by atoms with E-state index in [2.05, 4.69) is 0 Å². The average molecular weight is 307 g/mol.